The highest BCUT2D eigenvalue weighted by Crippen LogP contribution is 2.40. The van der Waals surface area contributed by atoms with Crippen molar-refractivity contribution < 1.29 is 0 Å². The van der Waals surface area contributed by atoms with Gasteiger partial charge in [0.2, 0.25) is 0 Å². The number of fused-ring (bicyclic) bond motifs is 3. The Labute approximate surface area is 345 Å². The van der Waals surface area contributed by atoms with Gasteiger partial charge in [0.05, 0.1) is 34.1 Å². The third-order valence-electron chi connectivity index (χ3n) is 11.9. The van der Waals surface area contributed by atoms with Crippen LogP contribution in [0, 0.1) is 5.92 Å². The molecular weight excluding hydrogens is 723 g/mol. The van der Waals surface area contributed by atoms with Gasteiger partial charge in [0.1, 0.15) is 0 Å². The lowest BCUT2D eigenvalue weighted by Gasteiger charge is -2.26. The standard InChI is InChI=1S/C52H47N7/c1-4-59(3)52-34-33-51(45-15-9-10-16-46(45)52)58-57-50-32-31-49(43-13-7-8-14-44(43)50)56-55-48-30-29-47(41-11-5-6-12-42(41)48)54-53-40-27-25-39(26-28-40)38-23-21-37(22-24-38)36-19-17-35(2)18-20-36/h5-16,21-36H,4,17-20H2,1-3H3. The average molecular weight is 770 g/mol. The van der Waals surface area contributed by atoms with E-state index in [0.29, 0.717) is 5.92 Å². The van der Waals surface area contributed by atoms with Gasteiger partial charge in [0.15, 0.2) is 0 Å². The maximum atomic E-state index is 4.77. The first kappa shape index (κ1) is 37.7. The zero-order valence-corrected chi connectivity index (χ0v) is 33.8. The number of hydrogen-bond donors (Lipinski definition) is 0. The molecule has 0 spiro atoms. The fraction of sp³-hybridized carbons (Fsp3) is 0.192. The second-order valence-electron chi connectivity index (χ2n) is 15.7. The van der Waals surface area contributed by atoms with Gasteiger partial charge >= 0.3 is 0 Å². The van der Waals surface area contributed by atoms with Crippen molar-refractivity contribution in [2.75, 3.05) is 18.5 Å². The van der Waals surface area contributed by atoms with Gasteiger partial charge in [-0.2, -0.15) is 5.11 Å². The van der Waals surface area contributed by atoms with Crippen molar-refractivity contribution in [2.24, 2.45) is 36.6 Å². The molecule has 0 saturated heterocycles. The van der Waals surface area contributed by atoms with E-state index < -0.39 is 0 Å². The molecule has 0 aliphatic heterocycles. The minimum absolute atomic E-state index is 0.697. The van der Waals surface area contributed by atoms with Crippen LogP contribution in [0.4, 0.5) is 39.8 Å². The van der Waals surface area contributed by atoms with Crippen LogP contribution >= 0.6 is 0 Å². The fourth-order valence-electron chi connectivity index (χ4n) is 8.33. The van der Waals surface area contributed by atoms with E-state index in [1.807, 2.05) is 72.8 Å². The molecule has 0 heterocycles. The average Bonchev–Trinajstić information content (AvgIpc) is 3.30. The highest BCUT2D eigenvalue weighted by molar-refractivity contribution is 6.03. The fourth-order valence-corrected chi connectivity index (χ4v) is 8.33. The van der Waals surface area contributed by atoms with E-state index in [1.165, 1.54) is 48.1 Å². The number of hydrogen-bond acceptors (Lipinski definition) is 7. The van der Waals surface area contributed by atoms with Crippen molar-refractivity contribution in [3.05, 3.63) is 163 Å². The Morgan fingerprint density at radius 3 is 1.24 bits per heavy atom. The van der Waals surface area contributed by atoms with Gasteiger partial charge in [-0.1, -0.05) is 129 Å². The number of nitrogens with zero attached hydrogens (tertiary/aromatic N) is 7. The Morgan fingerprint density at radius 1 is 0.424 bits per heavy atom. The minimum Gasteiger partial charge on any atom is -0.374 e. The van der Waals surface area contributed by atoms with Crippen LogP contribution in [-0.4, -0.2) is 13.6 Å². The van der Waals surface area contributed by atoms with E-state index in [9.17, 15) is 0 Å². The summed E-state index contributed by atoms with van der Waals surface area (Å²) >= 11 is 0. The normalized spacial score (nSPS) is 16.0. The molecule has 1 aliphatic carbocycles. The Morgan fingerprint density at radius 2 is 0.797 bits per heavy atom. The number of rotatable bonds is 10. The molecule has 0 amide bonds. The predicted molar refractivity (Wildman–Crippen MR) is 246 cm³/mol. The van der Waals surface area contributed by atoms with Gasteiger partial charge in [-0.25, -0.2) is 0 Å². The summed E-state index contributed by atoms with van der Waals surface area (Å²) in [6, 6.07) is 54.1. The second kappa shape index (κ2) is 16.9. The minimum atomic E-state index is 0.697. The van der Waals surface area contributed by atoms with Crippen molar-refractivity contribution >= 4 is 72.1 Å². The Bertz CT molecular complexity index is 2850. The molecule has 0 atom stereocenters. The van der Waals surface area contributed by atoms with Gasteiger partial charge in [-0.15, -0.1) is 25.6 Å². The molecule has 1 aliphatic rings. The van der Waals surface area contributed by atoms with Gasteiger partial charge in [0, 0.05) is 51.6 Å². The van der Waals surface area contributed by atoms with Crippen molar-refractivity contribution in [3.63, 3.8) is 0 Å². The molecule has 8 aromatic carbocycles. The van der Waals surface area contributed by atoms with Crippen LogP contribution in [0.3, 0.4) is 0 Å². The molecule has 9 rings (SSSR count). The molecule has 7 nitrogen and oxygen atoms in total. The number of anilines is 1. The van der Waals surface area contributed by atoms with Crippen LogP contribution in [-0.2, 0) is 0 Å². The van der Waals surface area contributed by atoms with E-state index in [1.54, 1.807) is 0 Å². The molecule has 0 unspecified atom stereocenters. The molecule has 0 aromatic heterocycles. The molecule has 59 heavy (non-hydrogen) atoms. The molecular formula is C52H47N7. The Kier molecular flexibility index (Phi) is 10.8. The van der Waals surface area contributed by atoms with Crippen molar-refractivity contribution in [3.8, 4) is 11.1 Å². The summed E-state index contributed by atoms with van der Waals surface area (Å²) in [6.07, 6.45) is 5.28. The zero-order valence-electron chi connectivity index (χ0n) is 33.8. The van der Waals surface area contributed by atoms with Crippen molar-refractivity contribution in [2.45, 2.75) is 45.4 Å². The first-order valence-corrected chi connectivity index (χ1v) is 20.7. The molecule has 0 N–H and O–H groups in total. The summed E-state index contributed by atoms with van der Waals surface area (Å²) in [5, 5.41) is 34.4. The highest BCUT2D eigenvalue weighted by atomic mass is 15.1. The maximum absolute atomic E-state index is 4.77. The van der Waals surface area contributed by atoms with Crippen LogP contribution in [0.25, 0.3) is 43.4 Å². The third kappa shape index (κ3) is 8.01. The molecule has 1 saturated carbocycles. The first-order chi connectivity index (χ1) is 29.0. The van der Waals surface area contributed by atoms with E-state index in [4.69, 9.17) is 20.5 Å². The SMILES string of the molecule is CCN(C)c1ccc(N=Nc2ccc(N=Nc3ccc(N=Nc4ccc(-c5ccc(C6CCC(C)CC6)cc5)cc4)c4ccccc34)c3ccccc23)c2ccccc12. The summed E-state index contributed by atoms with van der Waals surface area (Å²) in [4.78, 5) is 2.24. The first-order valence-electron chi connectivity index (χ1n) is 20.7. The predicted octanol–water partition coefficient (Wildman–Crippen LogP) is 16.8. The van der Waals surface area contributed by atoms with E-state index in [0.717, 1.165) is 78.9 Å². The molecule has 1 fully saturated rings. The van der Waals surface area contributed by atoms with Gasteiger partial charge in [-0.3, -0.25) is 0 Å². The van der Waals surface area contributed by atoms with Crippen LogP contribution in [0.2, 0.25) is 0 Å². The quantitative estimate of drug-likeness (QED) is 0.128. The smallest absolute Gasteiger partial charge is 0.0936 e. The highest BCUT2D eigenvalue weighted by Gasteiger charge is 2.19. The largest absolute Gasteiger partial charge is 0.374 e. The van der Waals surface area contributed by atoms with Crippen LogP contribution < -0.4 is 4.90 Å². The van der Waals surface area contributed by atoms with Gasteiger partial charge in [0.25, 0.3) is 0 Å². The summed E-state index contributed by atoms with van der Waals surface area (Å²) < 4.78 is 0. The number of benzene rings is 8. The van der Waals surface area contributed by atoms with Crippen LogP contribution in [0.15, 0.2) is 188 Å². The molecule has 0 radical (unpaired) electrons. The monoisotopic (exact) mass is 769 g/mol. The van der Waals surface area contributed by atoms with Gasteiger partial charge < -0.3 is 4.90 Å². The van der Waals surface area contributed by atoms with Gasteiger partial charge in [-0.05, 0) is 96.8 Å². The van der Waals surface area contributed by atoms with E-state index >= 15 is 0 Å². The van der Waals surface area contributed by atoms with Crippen molar-refractivity contribution in [1.29, 1.82) is 0 Å². The summed E-state index contributed by atoms with van der Waals surface area (Å²) in [5.74, 6) is 1.56. The molecule has 8 aromatic rings. The second-order valence-corrected chi connectivity index (χ2v) is 15.7. The lowest BCUT2D eigenvalue weighted by molar-refractivity contribution is 0.348. The lowest BCUT2D eigenvalue weighted by atomic mass is 9.79. The Balaban J connectivity index is 0.933. The maximum Gasteiger partial charge on any atom is 0.0936 e. The third-order valence-corrected chi connectivity index (χ3v) is 11.9. The van der Waals surface area contributed by atoms with Crippen molar-refractivity contribution in [1.82, 2.24) is 0 Å². The Hall–Kier alpha value is -6.86. The lowest BCUT2D eigenvalue weighted by Crippen LogP contribution is -2.15. The molecule has 7 heteroatoms. The van der Waals surface area contributed by atoms with Crippen LogP contribution in [0.1, 0.15) is 51.0 Å². The van der Waals surface area contributed by atoms with E-state index in [-0.39, 0.29) is 0 Å². The zero-order chi connectivity index (χ0) is 40.1. The summed E-state index contributed by atoms with van der Waals surface area (Å²) in [6.45, 7) is 5.45. The summed E-state index contributed by atoms with van der Waals surface area (Å²) in [7, 11) is 2.11. The van der Waals surface area contributed by atoms with Crippen LogP contribution in [0.5, 0.6) is 0 Å². The molecule has 290 valence electrons. The van der Waals surface area contributed by atoms with E-state index in [2.05, 4.69) is 121 Å². The molecule has 0 bridgehead atoms. The number of azo groups is 3. The summed E-state index contributed by atoms with van der Waals surface area (Å²) in [5.41, 5.74) is 9.73. The topological polar surface area (TPSA) is 77.4 Å².